The number of hydrogen-bond donors (Lipinski definition) is 2. The number of esters is 1. The zero-order valence-electron chi connectivity index (χ0n) is 13.4. The number of epoxide rings is 1. The zero-order chi connectivity index (χ0) is 17.3. The summed E-state index contributed by atoms with van der Waals surface area (Å²) in [5.74, 6) is -1.53. The minimum atomic E-state index is -0.707. The Bertz CT molecular complexity index is 693. The molecule has 2 aliphatic heterocycles. The summed E-state index contributed by atoms with van der Waals surface area (Å²) < 4.78 is 10.9. The molecular formula is C18H20O6. The fourth-order valence-electron chi connectivity index (χ4n) is 3.02. The van der Waals surface area contributed by atoms with Gasteiger partial charge in [-0.05, 0) is 37.5 Å². The molecule has 2 heterocycles. The average molecular weight is 332 g/mol. The third-order valence-electron chi connectivity index (χ3n) is 4.23. The minimum Gasteiger partial charge on any atom is -0.508 e. The molecule has 0 amide bonds. The van der Waals surface area contributed by atoms with Crippen LogP contribution in [-0.2, 0) is 20.7 Å². The van der Waals surface area contributed by atoms with Gasteiger partial charge in [-0.2, -0.15) is 0 Å². The first-order chi connectivity index (χ1) is 11.4. The van der Waals surface area contributed by atoms with E-state index in [0.717, 1.165) is 18.9 Å². The van der Waals surface area contributed by atoms with E-state index in [9.17, 15) is 19.8 Å². The fourth-order valence-corrected chi connectivity index (χ4v) is 3.02. The van der Waals surface area contributed by atoms with Crippen LogP contribution in [0, 0.1) is 0 Å². The Morgan fingerprint density at radius 1 is 1.17 bits per heavy atom. The van der Waals surface area contributed by atoms with Crippen molar-refractivity contribution in [1.82, 2.24) is 0 Å². The van der Waals surface area contributed by atoms with Crippen LogP contribution in [0.25, 0.3) is 0 Å². The maximum Gasteiger partial charge on any atom is 0.342 e. The maximum absolute atomic E-state index is 12.4. The predicted molar refractivity (Wildman–Crippen MR) is 85.0 cm³/mol. The van der Waals surface area contributed by atoms with Gasteiger partial charge in [-0.3, -0.25) is 4.79 Å². The van der Waals surface area contributed by atoms with Gasteiger partial charge in [-0.25, -0.2) is 4.79 Å². The lowest BCUT2D eigenvalue weighted by molar-refractivity contribution is -0.114. The molecule has 1 aromatic rings. The second kappa shape index (κ2) is 6.65. The lowest BCUT2D eigenvalue weighted by Gasteiger charge is -2.15. The van der Waals surface area contributed by atoms with E-state index in [1.807, 2.05) is 0 Å². The molecule has 3 atom stereocenters. The van der Waals surface area contributed by atoms with Crippen molar-refractivity contribution in [2.24, 2.45) is 0 Å². The van der Waals surface area contributed by atoms with E-state index in [1.165, 1.54) is 12.1 Å². The highest BCUT2D eigenvalue weighted by Crippen LogP contribution is 2.33. The van der Waals surface area contributed by atoms with Crippen LogP contribution >= 0.6 is 0 Å². The monoisotopic (exact) mass is 332 g/mol. The largest absolute Gasteiger partial charge is 0.508 e. The number of phenols is 2. The normalized spacial score (nSPS) is 27.6. The third kappa shape index (κ3) is 3.76. The molecule has 0 spiro atoms. The van der Waals surface area contributed by atoms with Crippen LogP contribution in [0.1, 0.15) is 42.1 Å². The second-order valence-electron chi connectivity index (χ2n) is 6.29. The van der Waals surface area contributed by atoms with Gasteiger partial charge >= 0.3 is 5.97 Å². The molecule has 1 fully saturated rings. The predicted octanol–water partition coefficient (Wildman–Crippen LogP) is 2.26. The van der Waals surface area contributed by atoms with Gasteiger partial charge in [0.15, 0.2) is 5.78 Å². The first-order valence-corrected chi connectivity index (χ1v) is 8.04. The van der Waals surface area contributed by atoms with Gasteiger partial charge in [-0.1, -0.05) is 6.08 Å². The first-order valence-electron chi connectivity index (χ1n) is 8.04. The van der Waals surface area contributed by atoms with Gasteiger partial charge in [0.1, 0.15) is 23.2 Å². The van der Waals surface area contributed by atoms with E-state index >= 15 is 0 Å². The number of phenolic OH excluding ortho intramolecular Hbond substituents is 2. The third-order valence-corrected chi connectivity index (χ3v) is 4.23. The summed E-state index contributed by atoms with van der Waals surface area (Å²) in [6.07, 6.45) is 5.14. The lowest BCUT2D eigenvalue weighted by Crippen LogP contribution is -2.19. The van der Waals surface area contributed by atoms with Crippen molar-refractivity contribution >= 4 is 11.8 Å². The number of carbonyl (C=O) groups is 2. The Kier molecular flexibility index (Phi) is 4.57. The number of allylic oxidation sites excluding steroid dienone is 2. The standard InChI is InChI=1S/C18H20O6/c1-10-6-16-15(24-16)5-3-2-4-12(19)7-11-8-13(20)9-14(21)17(11)18(22)23-10/h2,4,8-10,15-16,20-21H,3,5-7H2,1H3/t10-,15-,16-/m1/s1. The molecular weight excluding hydrogens is 312 g/mol. The Hall–Kier alpha value is -2.34. The molecule has 0 radical (unpaired) electrons. The fraction of sp³-hybridized carbons (Fsp3) is 0.444. The molecule has 6 nitrogen and oxygen atoms in total. The van der Waals surface area contributed by atoms with Crippen molar-refractivity contribution in [3.05, 3.63) is 35.4 Å². The quantitative estimate of drug-likeness (QED) is 0.559. The van der Waals surface area contributed by atoms with Crippen molar-refractivity contribution in [3.63, 3.8) is 0 Å². The van der Waals surface area contributed by atoms with E-state index in [-0.39, 0.29) is 47.4 Å². The Labute approximate surface area is 139 Å². The summed E-state index contributed by atoms with van der Waals surface area (Å²) in [4.78, 5) is 24.5. The Morgan fingerprint density at radius 2 is 1.96 bits per heavy atom. The highest BCUT2D eigenvalue weighted by molar-refractivity contribution is 5.98. The molecule has 3 rings (SSSR count). The lowest BCUT2D eigenvalue weighted by atomic mass is 9.99. The molecule has 1 aromatic carbocycles. The van der Waals surface area contributed by atoms with Crippen LogP contribution in [0.15, 0.2) is 24.3 Å². The average Bonchev–Trinajstić information content (AvgIpc) is 3.19. The number of fused-ring (bicyclic) bond motifs is 2. The molecule has 0 bridgehead atoms. The van der Waals surface area contributed by atoms with Gasteiger partial charge in [0.25, 0.3) is 0 Å². The number of ether oxygens (including phenoxy) is 2. The minimum absolute atomic E-state index is 0.0627. The van der Waals surface area contributed by atoms with Crippen molar-refractivity contribution in [1.29, 1.82) is 0 Å². The number of rotatable bonds is 0. The summed E-state index contributed by atoms with van der Waals surface area (Å²) >= 11 is 0. The summed E-state index contributed by atoms with van der Waals surface area (Å²) in [5.41, 5.74) is 0.170. The van der Waals surface area contributed by atoms with Crippen LogP contribution in [0.2, 0.25) is 0 Å². The second-order valence-corrected chi connectivity index (χ2v) is 6.29. The van der Waals surface area contributed by atoms with Crippen molar-refractivity contribution in [2.45, 2.75) is 50.9 Å². The van der Waals surface area contributed by atoms with Gasteiger partial charge in [-0.15, -0.1) is 0 Å². The highest BCUT2D eigenvalue weighted by Gasteiger charge is 2.39. The van der Waals surface area contributed by atoms with Gasteiger partial charge in [0.2, 0.25) is 0 Å². The van der Waals surface area contributed by atoms with E-state index in [4.69, 9.17) is 9.47 Å². The number of cyclic esters (lactones) is 1. The number of carbonyl (C=O) groups excluding carboxylic acids is 2. The number of hydrogen-bond acceptors (Lipinski definition) is 6. The van der Waals surface area contributed by atoms with Crippen LogP contribution < -0.4 is 0 Å². The molecule has 2 aliphatic rings. The van der Waals surface area contributed by atoms with E-state index in [1.54, 1.807) is 13.0 Å². The Balaban J connectivity index is 1.92. The van der Waals surface area contributed by atoms with Gasteiger partial charge in [0, 0.05) is 18.9 Å². The number of aromatic hydroxyl groups is 2. The van der Waals surface area contributed by atoms with Gasteiger partial charge < -0.3 is 19.7 Å². The molecule has 128 valence electrons. The smallest absolute Gasteiger partial charge is 0.342 e. The van der Waals surface area contributed by atoms with Crippen molar-refractivity contribution in [2.75, 3.05) is 0 Å². The highest BCUT2D eigenvalue weighted by atomic mass is 16.6. The zero-order valence-corrected chi connectivity index (χ0v) is 13.4. The molecule has 0 aromatic heterocycles. The van der Waals surface area contributed by atoms with Crippen LogP contribution in [0.5, 0.6) is 11.5 Å². The molecule has 1 saturated heterocycles. The molecule has 2 N–H and O–H groups in total. The van der Waals surface area contributed by atoms with E-state index < -0.39 is 11.7 Å². The number of benzene rings is 1. The Morgan fingerprint density at radius 3 is 2.75 bits per heavy atom. The molecule has 24 heavy (non-hydrogen) atoms. The van der Waals surface area contributed by atoms with Crippen molar-refractivity contribution in [3.8, 4) is 11.5 Å². The SMILES string of the molecule is C[C@@H]1C[C@H]2O[C@@H]2CCC=CC(=O)Cc2cc(O)cc(O)c2C(=O)O1. The number of ketones is 1. The van der Waals surface area contributed by atoms with Crippen LogP contribution in [0.4, 0.5) is 0 Å². The summed E-state index contributed by atoms with van der Waals surface area (Å²) in [6, 6.07) is 2.37. The van der Waals surface area contributed by atoms with Crippen LogP contribution in [0.3, 0.4) is 0 Å². The topological polar surface area (TPSA) is 96.4 Å². The first kappa shape index (κ1) is 16.5. The molecule has 0 saturated carbocycles. The summed E-state index contributed by atoms with van der Waals surface area (Å²) in [5, 5.41) is 19.7. The summed E-state index contributed by atoms with van der Waals surface area (Å²) in [6.45, 7) is 1.77. The molecule has 0 unspecified atom stereocenters. The summed E-state index contributed by atoms with van der Waals surface area (Å²) in [7, 11) is 0. The van der Waals surface area contributed by atoms with Gasteiger partial charge in [0.05, 0.1) is 12.2 Å². The molecule has 6 heteroatoms. The molecule has 0 aliphatic carbocycles. The van der Waals surface area contributed by atoms with E-state index in [0.29, 0.717) is 6.42 Å². The maximum atomic E-state index is 12.4. The van der Waals surface area contributed by atoms with Crippen LogP contribution in [-0.4, -0.2) is 40.3 Å². The van der Waals surface area contributed by atoms with Crippen molar-refractivity contribution < 1.29 is 29.3 Å². The van der Waals surface area contributed by atoms with E-state index in [2.05, 4.69) is 0 Å².